The van der Waals surface area contributed by atoms with Gasteiger partial charge in [-0.1, -0.05) is 36.4 Å². The Balaban J connectivity index is 1.57. The zero-order valence-electron chi connectivity index (χ0n) is 15.3. The van der Waals surface area contributed by atoms with Crippen LogP contribution in [0, 0.1) is 5.82 Å². The molecule has 0 saturated carbocycles. The summed E-state index contributed by atoms with van der Waals surface area (Å²) in [5, 5.41) is 14.6. The molecule has 4 aromatic rings. The number of halogens is 1. The molecule has 0 spiro atoms. The predicted molar refractivity (Wildman–Crippen MR) is 105 cm³/mol. The average Bonchev–Trinajstić information content (AvgIpc) is 3.14. The van der Waals surface area contributed by atoms with E-state index in [1.807, 2.05) is 31.2 Å². The van der Waals surface area contributed by atoms with Crippen molar-refractivity contribution >= 4 is 28.4 Å². The zero-order valence-corrected chi connectivity index (χ0v) is 15.3. The highest BCUT2D eigenvalue weighted by Gasteiger charge is 2.12. The number of amides is 1. The first-order valence-electron chi connectivity index (χ1n) is 8.96. The van der Waals surface area contributed by atoms with Crippen LogP contribution in [0.5, 0.6) is 0 Å². The number of rotatable bonds is 5. The van der Waals surface area contributed by atoms with Crippen LogP contribution < -0.4 is 0 Å². The lowest BCUT2D eigenvalue weighted by Crippen LogP contribution is -2.28. The zero-order chi connectivity index (χ0) is 19.5. The van der Waals surface area contributed by atoms with Gasteiger partial charge in [-0.25, -0.2) is 4.39 Å². The first-order chi connectivity index (χ1) is 13.7. The van der Waals surface area contributed by atoms with Gasteiger partial charge >= 0.3 is 0 Å². The smallest absolute Gasteiger partial charge is 0.246 e. The fraction of sp³-hybridized carbons (Fsp3) is 0.143. The van der Waals surface area contributed by atoms with E-state index >= 15 is 0 Å². The van der Waals surface area contributed by atoms with Gasteiger partial charge in [-0.3, -0.25) is 4.79 Å². The van der Waals surface area contributed by atoms with Gasteiger partial charge in [0.05, 0.1) is 6.20 Å². The van der Waals surface area contributed by atoms with E-state index in [-0.39, 0.29) is 11.7 Å². The maximum absolute atomic E-state index is 13.4. The number of hydrogen-bond acceptors (Lipinski definition) is 4. The fourth-order valence-electron chi connectivity index (χ4n) is 3.06. The molecule has 2 aromatic carbocycles. The number of benzene rings is 2. The van der Waals surface area contributed by atoms with Crippen LogP contribution in [0.4, 0.5) is 4.39 Å². The summed E-state index contributed by atoms with van der Waals surface area (Å²) in [6.45, 7) is 2.72. The van der Waals surface area contributed by atoms with E-state index in [9.17, 15) is 9.18 Å². The van der Waals surface area contributed by atoms with Crippen LogP contribution in [-0.2, 0) is 11.3 Å². The van der Waals surface area contributed by atoms with Crippen molar-refractivity contribution in [2.75, 3.05) is 6.54 Å². The van der Waals surface area contributed by atoms with Crippen molar-refractivity contribution in [3.05, 3.63) is 78.0 Å². The number of nitrogens with zero attached hydrogens (tertiary/aromatic N) is 5. The van der Waals surface area contributed by atoms with E-state index in [0.29, 0.717) is 24.6 Å². The highest BCUT2D eigenvalue weighted by Crippen LogP contribution is 2.17. The van der Waals surface area contributed by atoms with E-state index in [2.05, 4.69) is 15.3 Å². The molecular weight excluding hydrogens is 357 g/mol. The molecule has 4 rings (SSSR count). The molecule has 0 aliphatic carbocycles. The third-order valence-electron chi connectivity index (χ3n) is 4.51. The van der Waals surface area contributed by atoms with Gasteiger partial charge in [0.25, 0.3) is 0 Å². The molecule has 140 valence electrons. The summed E-state index contributed by atoms with van der Waals surface area (Å²) in [5.41, 5.74) is 1.38. The molecule has 0 fully saturated rings. The average molecular weight is 375 g/mol. The molecule has 1 amide bonds. The van der Waals surface area contributed by atoms with Crippen LogP contribution in [0.15, 0.2) is 60.8 Å². The molecule has 0 bridgehead atoms. The quantitative estimate of drug-likeness (QED) is 0.501. The summed E-state index contributed by atoms with van der Waals surface area (Å²) < 4.78 is 15.0. The number of aromatic nitrogens is 4. The Morgan fingerprint density at radius 1 is 1.18 bits per heavy atom. The minimum absolute atomic E-state index is 0.190. The topological polar surface area (TPSA) is 63.4 Å². The lowest BCUT2D eigenvalue weighted by molar-refractivity contribution is -0.126. The maximum Gasteiger partial charge on any atom is 0.246 e. The van der Waals surface area contributed by atoms with Crippen LogP contribution in [0.25, 0.3) is 22.5 Å². The molecule has 28 heavy (non-hydrogen) atoms. The minimum Gasteiger partial charge on any atom is -0.335 e. The molecule has 0 unspecified atom stereocenters. The van der Waals surface area contributed by atoms with Gasteiger partial charge in [-0.05, 0) is 30.7 Å². The number of carbonyl (C=O) groups is 1. The van der Waals surface area contributed by atoms with Gasteiger partial charge in [0.15, 0.2) is 11.5 Å². The molecule has 0 saturated heterocycles. The SMILES string of the molecule is CCN(Cc1cccc(F)c1)C(=O)/C=C/c1nnc2c3ccccc3cnn12. The second kappa shape index (κ2) is 7.56. The molecule has 0 radical (unpaired) electrons. The highest BCUT2D eigenvalue weighted by atomic mass is 19.1. The van der Waals surface area contributed by atoms with Crippen molar-refractivity contribution in [3.8, 4) is 0 Å². The maximum atomic E-state index is 13.4. The molecule has 2 heterocycles. The van der Waals surface area contributed by atoms with Gasteiger partial charge in [0, 0.05) is 29.9 Å². The molecule has 7 heteroatoms. The van der Waals surface area contributed by atoms with E-state index in [1.54, 1.807) is 33.8 Å². The van der Waals surface area contributed by atoms with Gasteiger partial charge in [0.2, 0.25) is 5.91 Å². The normalized spacial score (nSPS) is 11.5. The summed E-state index contributed by atoms with van der Waals surface area (Å²) in [6.07, 6.45) is 4.78. The van der Waals surface area contributed by atoms with Crippen LogP contribution >= 0.6 is 0 Å². The van der Waals surface area contributed by atoms with Crippen LogP contribution in [0.3, 0.4) is 0 Å². The highest BCUT2D eigenvalue weighted by molar-refractivity contribution is 5.94. The van der Waals surface area contributed by atoms with Gasteiger partial charge in [-0.15, -0.1) is 10.2 Å². The number of hydrogen-bond donors (Lipinski definition) is 0. The van der Waals surface area contributed by atoms with E-state index in [4.69, 9.17) is 0 Å². The van der Waals surface area contributed by atoms with Gasteiger partial charge in [0.1, 0.15) is 5.82 Å². The summed E-state index contributed by atoms with van der Waals surface area (Å²) in [6, 6.07) is 14.0. The number of likely N-dealkylation sites (N-methyl/N-ethyl adjacent to an activating group) is 1. The molecule has 0 N–H and O–H groups in total. The standard InChI is InChI=1S/C21H18FN5O/c1-2-26(14-15-6-5-8-17(22)12-15)20(28)11-10-19-24-25-21-18-9-4-3-7-16(18)13-23-27(19)21/h3-13H,2,14H2,1H3/b11-10+. The Bertz CT molecular complexity index is 1180. The Labute approximate surface area is 160 Å². The lowest BCUT2D eigenvalue weighted by Gasteiger charge is -2.19. The predicted octanol–water partition coefficient (Wildman–Crippen LogP) is 3.48. The first kappa shape index (κ1) is 17.8. The van der Waals surface area contributed by atoms with Gasteiger partial charge in [-0.2, -0.15) is 9.61 Å². The Kier molecular flexibility index (Phi) is 4.80. The first-order valence-corrected chi connectivity index (χ1v) is 8.96. The van der Waals surface area contributed by atoms with Crippen molar-refractivity contribution in [2.24, 2.45) is 0 Å². The molecular formula is C21H18FN5O. The molecule has 0 atom stereocenters. The van der Waals surface area contributed by atoms with Gasteiger partial charge < -0.3 is 4.90 Å². The third kappa shape index (κ3) is 3.46. The molecule has 0 aliphatic rings. The van der Waals surface area contributed by atoms with Crippen molar-refractivity contribution in [1.82, 2.24) is 24.7 Å². The van der Waals surface area contributed by atoms with E-state index in [0.717, 1.165) is 16.3 Å². The number of carbonyl (C=O) groups excluding carboxylic acids is 1. The second-order valence-electron chi connectivity index (χ2n) is 6.34. The summed E-state index contributed by atoms with van der Waals surface area (Å²) in [4.78, 5) is 14.2. The third-order valence-corrected chi connectivity index (χ3v) is 4.51. The van der Waals surface area contributed by atoms with Crippen LogP contribution in [0.2, 0.25) is 0 Å². The van der Waals surface area contributed by atoms with Crippen molar-refractivity contribution in [1.29, 1.82) is 0 Å². The summed E-state index contributed by atoms with van der Waals surface area (Å²) >= 11 is 0. The Morgan fingerprint density at radius 2 is 2.04 bits per heavy atom. The number of fused-ring (bicyclic) bond motifs is 3. The molecule has 0 aliphatic heterocycles. The van der Waals surface area contributed by atoms with Crippen molar-refractivity contribution in [2.45, 2.75) is 13.5 Å². The summed E-state index contributed by atoms with van der Waals surface area (Å²) in [5.74, 6) is -0.0370. The van der Waals surface area contributed by atoms with E-state index in [1.165, 1.54) is 18.2 Å². The van der Waals surface area contributed by atoms with Crippen molar-refractivity contribution in [3.63, 3.8) is 0 Å². The molecule has 6 nitrogen and oxygen atoms in total. The Hall–Kier alpha value is -3.61. The largest absolute Gasteiger partial charge is 0.335 e. The Morgan fingerprint density at radius 3 is 2.86 bits per heavy atom. The van der Waals surface area contributed by atoms with Crippen LogP contribution in [0.1, 0.15) is 18.3 Å². The van der Waals surface area contributed by atoms with Crippen LogP contribution in [-0.4, -0.2) is 37.2 Å². The second-order valence-corrected chi connectivity index (χ2v) is 6.34. The van der Waals surface area contributed by atoms with Crippen molar-refractivity contribution < 1.29 is 9.18 Å². The van der Waals surface area contributed by atoms with E-state index < -0.39 is 0 Å². The monoisotopic (exact) mass is 375 g/mol. The molecule has 2 aromatic heterocycles. The summed E-state index contributed by atoms with van der Waals surface area (Å²) in [7, 11) is 0. The fourth-order valence-corrected chi connectivity index (χ4v) is 3.06. The lowest BCUT2D eigenvalue weighted by atomic mass is 10.2. The minimum atomic E-state index is -0.315.